The molecular weight excluding hydrogens is 262 g/mol. The Morgan fingerprint density at radius 2 is 2.21 bits per heavy atom. The Labute approximate surface area is 115 Å². The predicted octanol–water partition coefficient (Wildman–Crippen LogP) is 1.58. The van der Waals surface area contributed by atoms with Gasteiger partial charge in [-0.15, -0.1) is 11.3 Å². The highest BCUT2D eigenvalue weighted by molar-refractivity contribution is 7.09. The Hall–Kier alpha value is -1.92. The maximum absolute atomic E-state index is 12.1. The third-order valence-corrected chi connectivity index (χ3v) is 3.56. The quantitative estimate of drug-likeness (QED) is 0.889. The van der Waals surface area contributed by atoms with E-state index in [2.05, 4.69) is 4.98 Å². The zero-order valence-electron chi connectivity index (χ0n) is 10.5. The lowest BCUT2D eigenvalue weighted by molar-refractivity contribution is 0.0779. The van der Waals surface area contributed by atoms with E-state index in [0.29, 0.717) is 24.3 Å². The summed E-state index contributed by atoms with van der Waals surface area (Å²) in [4.78, 5) is 17.8. The van der Waals surface area contributed by atoms with Gasteiger partial charge in [-0.05, 0) is 6.07 Å². The highest BCUT2D eigenvalue weighted by Crippen LogP contribution is 2.18. The Morgan fingerprint density at radius 3 is 2.84 bits per heavy atom. The fourth-order valence-electron chi connectivity index (χ4n) is 1.67. The minimum Gasteiger partial charge on any atom is -0.508 e. The van der Waals surface area contributed by atoms with Crippen LogP contribution in [-0.4, -0.2) is 27.9 Å². The van der Waals surface area contributed by atoms with Gasteiger partial charge in [0, 0.05) is 31.1 Å². The molecule has 3 N–H and O–H groups in total. The highest BCUT2D eigenvalue weighted by Gasteiger charge is 2.16. The van der Waals surface area contributed by atoms with Gasteiger partial charge in [-0.2, -0.15) is 0 Å². The molecule has 0 fully saturated rings. The van der Waals surface area contributed by atoms with Crippen molar-refractivity contribution in [3.63, 3.8) is 0 Å². The summed E-state index contributed by atoms with van der Waals surface area (Å²) in [6, 6.07) is 6.95. The molecule has 19 heavy (non-hydrogen) atoms. The van der Waals surface area contributed by atoms with Crippen molar-refractivity contribution < 1.29 is 9.90 Å². The van der Waals surface area contributed by atoms with Gasteiger partial charge in [0.15, 0.2) is 0 Å². The summed E-state index contributed by atoms with van der Waals surface area (Å²) in [5, 5.41) is 12.1. The normalized spacial score (nSPS) is 10.4. The SMILES string of the molecule is CN(Cc1ccccc1O)C(=O)c1csc(CN)n1. The molecule has 5 nitrogen and oxygen atoms in total. The highest BCUT2D eigenvalue weighted by atomic mass is 32.1. The number of aromatic nitrogens is 1. The molecule has 0 aliphatic carbocycles. The Bertz CT molecular complexity index is 583. The lowest BCUT2D eigenvalue weighted by atomic mass is 10.2. The summed E-state index contributed by atoms with van der Waals surface area (Å²) in [6.45, 7) is 0.669. The van der Waals surface area contributed by atoms with E-state index in [1.165, 1.54) is 16.2 Å². The van der Waals surface area contributed by atoms with Gasteiger partial charge in [0.25, 0.3) is 5.91 Å². The van der Waals surface area contributed by atoms with E-state index in [1.54, 1.807) is 30.6 Å². The van der Waals surface area contributed by atoms with Crippen LogP contribution in [0.4, 0.5) is 0 Å². The number of benzene rings is 1. The van der Waals surface area contributed by atoms with E-state index in [1.807, 2.05) is 6.07 Å². The molecule has 100 valence electrons. The number of carbonyl (C=O) groups excluding carboxylic acids is 1. The maximum Gasteiger partial charge on any atom is 0.273 e. The fourth-order valence-corrected chi connectivity index (χ4v) is 2.32. The van der Waals surface area contributed by atoms with Crippen LogP contribution in [0.5, 0.6) is 5.75 Å². The molecule has 0 radical (unpaired) electrons. The smallest absolute Gasteiger partial charge is 0.273 e. The van der Waals surface area contributed by atoms with E-state index < -0.39 is 0 Å². The monoisotopic (exact) mass is 277 g/mol. The Kier molecular flexibility index (Phi) is 4.13. The van der Waals surface area contributed by atoms with Crippen LogP contribution < -0.4 is 5.73 Å². The largest absolute Gasteiger partial charge is 0.508 e. The van der Waals surface area contributed by atoms with Crippen molar-refractivity contribution in [3.8, 4) is 5.75 Å². The number of phenols is 1. The van der Waals surface area contributed by atoms with Gasteiger partial charge < -0.3 is 15.7 Å². The van der Waals surface area contributed by atoms with Crippen molar-refractivity contribution in [1.82, 2.24) is 9.88 Å². The summed E-state index contributed by atoms with van der Waals surface area (Å²) in [5.74, 6) is 0.00211. The second kappa shape index (κ2) is 5.81. The first-order valence-electron chi connectivity index (χ1n) is 5.78. The summed E-state index contributed by atoms with van der Waals surface area (Å²) < 4.78 is 0. The van der Waals surface area contributed by atoms with E-state index in [-0.39, 0.29) is 11.7 Å². The number of thiazole rings is 1. The van der Waals surface area contributed by atoms with Crippen molar-refractivity contribution in [3.05, 3.63) is 45.9 Å². The molecule has 0 spiro atoms. The number of amides is 1. The summed E-state index contributed by atoms with van der Waals surface area (Å²) >= 11 is 1.37. The van der Waals surface area contributed by atoms with Crippen molar-refractivity contribution >= 4 is 17.2 Å². The molecule has 0 aliphatic heterocycles. The fraction of sp³-hybridized carbons (Fsp3) is 0.231. The molecule has 1 amide bonds. The van der Waals surface area contributed by atoms with Gasteiger partial charge in [-0.25, -0.2) is 4.98 Å². The standard InChI is InChI=1S/C13H15N3O2S/c1-16(7-9-4-2-3-5-11(9)17)13(18)10-8-19-12(6-14)15-10/h2-5,8,17H,6-7,14H2,1H3. The molecule has 0 aliphatic rings. The molecule has 6 heteroatoms. The van der Waals surface area contributed by atoms with E-state index in [0.717, 1.165) is 5.01 Å². The summed E-state index contributed by atoms with van der Waals surface area (Å²) in [7, 11) is 1.68. The summed E-state index contributed by atoms with van der Waals surface area (Å²) in [5.41, 5.74) is 6.57. The van der Waals surface area contributed by atoms with Gasteiger partial charge in [0.2, 0.25) is 0 Å². The minimum atomic E-state index is -0.181. The van der Waals surface area contributed by atoms with Gasteiger partial charge in [-0.1, -0.05) is 18.2 Å². The van der Waals surface area contributed by atoms with Crippen molar-refractivity contribution in [2.24, 2.45) is 5.73 Å². The first kappa shape index (κ1) is 13.5. The second-order valence-corrected chi connectivity index (χ2v) is 5.06. The average molecular weight is 277 g/mol. The number of phenolic OH excluding ortho intramolecular Hbond substituents is 1. The van der Waals surface area contributed by atoms with Crippen molar-refractivity contribution in [2.45, 2.75) is 13.1 Å². The Morgan fingerprint density at radius 1 is 1.47 bits per heavy atom. The molecule has 2 aromatic rings. The molecular formula is C13H15N3O2S. The van der Waals surface area contributed by atoms with Crippen molar-refractivity contribution in [1.29, 1.82) is 0 Å². The first-order chi connectivity index (χ1) is 9.11. The molecule has 1 heterocycles. The Balaban J connectivity index is 2.09. The molecule has 0 saturated carbocycles. The van der Waals surface area contributed by atoms with Crippen LogP contribution >= 0.6 is 11.3 Å². The van der Waals surface area contributed by atoms with Crippen LogP contribution in [0.1, 0.15) is 21.1 Å². The third kappa shape index (κ3) is 3.10. The molecule has 0 saturated heterocycles. The lowest BCUT2D eigenvalue weighted by Gasteiger charge is -2.16. The average Bonchev–Trinajstić information content (AvgIpc) is 2.89. The van der Waals surface area contributed by atoms with E-state index in [9.17, 15) is 9.90 Å². The third-order valence-electron chi connectivity index (χ3n) is 2.69. The van der Waals surface area contributed by atoms with Crippen LogP contribution in [0.3, 0.4) is 0 Å². The zero-order chi connectivity index (χ0) is 13.8. The number of hydrogen-bond acceptors (Lipinski definition) is 5. The topological polar surface area (TPSA) is 79.5 Å². The van der Waals surface area contributed by atoms with Crippen molar-refractivity contribution in [2.75, 3.05) is 7.05 Å². The molecule has 1 aromatic carbocycles. The van der Waals surface area contributed by atoms with E-state index >= 15 is 0 Å². The minimum absolute atomic E-state index is 0.181. The zero-order valence-corrected chi connectivity index (χ0v) is 11.4. The number of hydrogen-bond donors (Lipinski definition) is 2. The number of rotatable bonds is 4. The lowest BCUT2D eigenvalue weighted by Crippen LogP contribution is -2.26. The molecule has 1 aromatic heterocycles. The van der Waals surface area contributed by atoms with Crippen LogP contribution in [0, 0.1) is 0 Å². The molecule has 0 unspecified atom stereocenters. The predicted molar refractivity (Wildman–Crippen MR) is 73.9 cm³/mol. The molecule has 2 rings (SSSR count). The van der Waals surface area contributed by atoms with Crippen LogP contribution in [0.15, 0.2) is 29.6 Å². The first-order valence-corrected chi connectivity index (χ1v) is 6.66. The number of para-hydroxylation sites is 1. The van der Waals surface area contributed by atoms with Crippen LogP contribution in [-0.2, 0) is 13.1 Å². The van der Waals surface area contributed by atoms with Crippen LogP contribution in [0.25, 0.3) is 0 Å². The molecule has 0 bridgehead atoms. The van der Waals surface area contributed by atoms with Gasteiger partial charge in [0.1, 0.15) is 16.5 Å². The number of nitrogens with zero attached hydrogens (tertiary/aromatic N) is 2. The number of aromatic hydroxyl groups is 1. The number of nitrogens with two attached hydrogens (primary N) is 1. The van der Waals surface area contributed by atoms with Gasteiger partial charge in [-0.3, -0.25) is 4.79 Å². The molecule has 0 atom stereocenters. The summed E-state index contributed by atoms with van der Waals surface area (Å²) in [6.07, 6.45) is 0. The van der Waals surface area contributed by atoms with Gasteiger partial charge in [0.05, 0.1) is 0 Å². The van der Waals surface area contributed by atoms with Gasteiger partial charge >= 0.3 is 0 Å². The second-order valence-electron chi connectivity index (χ2n) is 4.12. The van der Waals surface area contributed by atoms with E-state index in [4.69, 9.17) is 5.73 Å². The number of carbonyl (C=O) groups is 1. The van der Waals surface area contributed by atoms with Crippen LogP contribution in [0.2, 0.25) is 0 Å². The maximum atomic E-state index is 12.1.